The van der Waals surface area contributed by atoms with Crippen molar-refractivity contribution in [2.75, 3.05) is 13.1 Å². The molecule has 2 fully saturated rings. The summed E-state index contributed by atoms with van der Waals surface area (Å²) in [4.78, 5) is 13.6. The van der Waals surface area contributed by atoms with Crippen molar-refractivity contribution in [2.24, 2.45) is 0 Å². The minimum absolute atomic E-state index is 0.333. The average Bonchev–Trinajstić information content (AvgIpc) is 3.13. The SMILES string of the molecule is Cc1c(C(=O)O)cnn1C1CCN(C2CC2)CC1. The molecule has 5 heteroatoms. The van der Waals surface area contributed by atoms with Gasteiger partial charge in [0, 0.05) is 19.1 Å². The van der Waals surface area contributed by atoms with Crippen molar-refractivity contribution in [1.29, 1.82) is 0 Å². The maximum atomic E-state index is 11.0. The van der Waals surface area contributed by atoms with Gasteiger partial charge in [-0.2, -0.15) is 5.10 Å². The Balaban J connectivity index is 1.70. The van der Waals surface area contributed by atoms with E-state index in [0.29, 0.717) is 11.6 Å². The molecular weight excluding hydrogens is 230 g/mol. The molecule has 1 aromatic heterocycles. The monoisotopic (exact) mass is 249 g/mol. The van der Waals surface area contributed by atoms with Gasteiger partial charge in [0.15, 0.2) is 0 Å². The molecule has 2 heterocycles. The predicted octanol–water partition coefficient (Wildman–Crippen LogP) is 1.69. The number of rotatable bonds is 3. The molecule has 1 aliphatic carbocycles. The van der Waals surface area contributed by atoms with E-state index in [-0.39, 0.29) is 0 Å². The Kier molecular flexibility index (Phi) is 2.86. The second-order valence-corrected chi connectivity index (χ2v) is 5.39. The van der Waals surface area contributed by atoms with Gasteiger partial charge >= 0.3 is 5.97 Å². The van der Waals surface area contributed by atoms with Gasteiger partial charge in [0.05, 0.1) is 17.9 Å². The third-order valence-corrected chi connectivity index (χ3v) is 4.18. The van der Waals surface area contributed by atoms with Gasteiger partial charge in [-0.05, 0) is 32.6 Å². The number of nitrogens with zero attached hydrogens (tertiary/aromatic N) is 3. The average molecular weight is 249 g/mol. The number of hydrogen-bond donors (Lipinski definition) is 1. The van der Waals surface area contributed by atoms with Crippen LogP contribution in [0.3, 0.4) is 0 Å². The zero-order chi connectivity index (χ0) is 12.7. The van der Waals surface area contributed by atoms with Crippen LogP contribution in [0.15, 0.2) is 6.20 Å². The van der Waals surface area contributed by atoms with E-state index in [1.165, 1.54) is 19.0 Å². The zero-order valence-corrected chi connectivity index (χ0v) is 10.7. The van der Waals surface area contributed by atoms with Gasteiger partial charge in [-0.3, -0.25) is 4.68 Å². The Bertz CT molecular complexity index is 457. The third-order valence-electron chi connectivity index (χ3n) is 4.18. The van der Waals surface area contributed by atoms with Crippen LogP contribution in [0.4, 0.5) is 0 Å². The number of carbonyl (C=O) groups is 1. The van der Waals surface area contributed by atoms with Crippen LogP contribution in [0.1, 0.15) is 47.8 Å². The molecule has 98 valence electrons. The standard InChI is InChI=1S/C13H19N3O2/c1-9-12(13(17)18)8-14-16(9)11-4-6-15(7-5-11)10-2-3-10/h8,10-11H,2-7H2,1H3,(H,17,18). The minimum atomic E-state index is -0.880. The van der Waals surface area contributed by atoms with Gasteiger partial charge in [-0.15, -0.1) is 0 Å². The highest BCUT2D eigenvalue weighted by molar-refractivity contribution is 5.88. The lowest BCUT2D eigenvalue weighted by Gasteiger charge is -2.32. The largest absolute Gasteiger partial charge is 0.478 e. The number of hydrogen-bond acceptors (Lipinski definition) is 3. The van der Waals surface area contributed by atoms with E-state index in [1.54, 1.807) is 0 Å². The molecule has 3 rings (SSSR count). The lowest BCUT2D eigenvalue weighted by molar-refractivity contribution is 0.0695. The molecule has 1 aliphatic heterocycles. The summed E-state index contributed by atoms with van der Waals surface area (Å²) in [5.74, 6) is -0.880. The van der Waals surface area contributed by atoms with Crippen molar-refractivity contribution in [3.63, 3.8) is 0 Å². The smallest absolute Gasteiger partial charge is 0.339 e. The number of likely N-dealkylation sites (tertiary alicyclic amines) is 1. The number of aromatic carboxylic acids is 1. The molecule has 0 bridgehead atoms. The highest BCUT2D eigenvalue weighted by Crippen LogP contribution is 2.32. The Morgan fingerprint density at radius 2 is 1.94 bits per heavy atom. The van der Waals surface area contributed by atoms with E-state index in [4.69, 9.17) is 5.11 Å². The van der Waals surface area contributed by atoms with Crippen LogP contribution in [0.5, 0.6) is 0 Å². The van der Waals surface area contributed by atoms with E-state index in [9.17, 15) is 4.79 Å². The molecule has 1 aromatic rings. The summed E-state index contributed by atoms with van der Waals surface area (Å²) in [6, 6.07) is 1.20. The Morgan fingerprint density at radius 3 is 2.44 bits per heavy atom. The first-order valence-corrected chi connectivity index (χ1v) is 6.68. The molecule has 0 unspecified atom stereocenters. The van der Waals surface area contributed by atoms with Crippen molar-refractivity contribution in [1.82, 2.24) is 14.7 Å². The molecule has 1 saturated heterocycles. The molecule has 0 atom stereocenters. The fourth-order valence-electron chi connectivity index (χ4n) is 2.94. The van der Waals surface area contributed by atoms with Crippen molar-refractivity contribution >= 4 is 5.97 Å². The number of piperidine rings is 1. The predicted molar refractivity (Wildman–Crippen MR) is 66.8 cm³/mol. The van der Waals surface area contributed by atoms with Crippen LogP contribution in [0, 0.1) is 6.92 Å². The van der Waals surface area contributed by atoms with Crippen molar-refractivity contribution in [2.45, 2.75) is 44.7 Å². The van der Waals surface area contributed by atoms with Crippen molar-refractivity contribution in [3.05, 3.63) is 17.5 Å². The van der Waals surface area contributed by atoms with E-state index >= 15 is 0 Å². The van der Waals surface area contributed by atoms with Gasteiger partial charge < -0.3 is 10.0 Å². The maximum Gasteiger partial charge on any atom is 0.339 e. The van der Waals surface area contributed by atoms with E-state index < -0.39 is 5.97 Å². The van der Waals surface area contributed by atoms with Crippen LogP contribution < -0.4 is 0 Å². The fourth-order valence-corrected chi connectivity index (χ4v) is 2.94. The molecule has 0 radical (unpaired) electrons. The summed E-state index contributed by atoms with van der Waals surface area (Å²) in [7, 11) is 0. The fraction of sp³-hybridized carbons (Fsp3) is 0.692. The van der Waals surface area contributed by atoms with E-state index in [1.807, 2.05) is 11.6 Å². The third kappa shape index (κ3) is 2.03. The number of carboxylic acid groups (broad SMARTS) is 1. The van der Waals surface area contributed by atoms with Gasteiger partial charge in [-0.25, -0.2) is 4.79 Å². The minimum Gasteiger partial charge on any atom is -0.478 e. The first-order valence-electron chi connectivity index (χ1n) is 6.68. The van der Waals surface area contributed by atoms with E-state index in [0.717, 1.165) is 37.7 Å². The second-order valence-electron chi connectivity index (χ2n) is 5.39. The molecule has 0 aromatic carbocycles. The Hall–Kier alpha value is -1.36. The molecule has 0 amide bonds. The highest BCUT2D eigenvalue weighted by atomic mass is 16.4. The van der Waals surface area contributed by atoms with Gasteiger partial charge in [0.1, 0.15) is 5.56 Å². The molecule has 1 saturated carbocycles. The Labute approximate surface area is 106 Å². The first kappa shape index (κ1) is 11.7. The normalized spacial score (nSPS) is 22.3. The molecule has 0 spiro atoms. The quantitative estimate of drug-likeness (QED) is 0.885. The molecule has 2 aliphatic rings. The van der Waals surface area contributed by atoms with Gasteiger partial charge in [0.2, 0.25) is 0 Å². The molecular formula is C13H19N3O2. The molecule has 1 N–H and O–H groups in total. The summed E-state index contributed by atoms with van der Waals surface area (Å²) in [5, 5.41) is 13.3. The maximum absolute atomic E-state index is 11.0. The van der Waals surface area contributed by atoms with Gasteiger partial charge in [0.25, 0.3) is 0 Å². The van der Waals surface area contributed by atoms with E-state index in [2.05, 4.69) is 10.00 Å². The lowest BCUT2D eigenvalue weighted by Crippen LogP contribution is -2.36. The van der Waals surface area contributed by atoms with Crippen molar-refractivity contribution in [3.8, 4) is 0 Å². The van der Waals surface area contributed by atoms with Crippen LogP contribution in [-0.2, 0) is 0 Å². The van der Waals surface area contributed by atoms with Crippen LogP contribution in [0.25, 0.3) is 0 Å². The van der Waals surface area contributed by atoms with Crippen LogP contribution in [-0.4, -0.2) is 44.9 Å². The van der Waals surface area contributed by atoms with Crippen LogP contribution >= 0.6 is 0 Å². The summed E-state index contributed by atoms with van der Waals surface area (Å²) in [6.45, 7) is 4.10. The summed E-state index contributed by atoms with van der Waals surface area (Å²) in [5.41, 5.74) is 1.12. The summed E-state index contributed by atoms with van der Waals surface area (Å²) >= 11 is 0. The molecule has 5 nitrogen and oxygen atoms in total. The Morgan fingerprint density at radius 1 is 1.28 bits per heavy atom. The lowest BCUT2D eigenvalue weighted by atomic mass is 10.0. The summed E-state index contributed by atoms with van der Waals surface area (Å²) in [6.07, 6.45) is 6.35. The van der Waals surface area contributed by atoms with Gasteiger partial charge in [-0.1, -0.05) is 0 Å². The highest BCUT2D eigenvalue weighted by Gasteiger charge is 2.32. The zero-order valence-electron chi connectivity index (χ0n) is 10.7. The molecule has 18 heavy (non-hydrogen) atoms. The van der Waals surface area contributed by atoms with Crippen molar-refractivity contribution < 1.29 is 9.90 Å². The second kappa shape index (κ2) is 4.39. The van der Waals surface area contributed by atoms with Crippen LogP contribution in [0.2, 0.25) is 0 Å². The first-order chi connectivity index (χ1) is 8.66. The summed E-state index contributed by atoms with van der Waals surface area (Å²) < 4.78 is 1.91. The number of aromatic nitrogens is 2. The topological polar surface area (TPSA) is 58.4 Å². The number of carboxylic acids is 1.